The molecule has 1 amide bonds. The van der Waals surface area contributed by atoms with Crippen molar-refractivity contribution in [2.75, 3.05) is 33.5 Å². The number of carbonyl (C=O) groups is 2. The van der Waals surface area contributed by atoms with Crippen LogP contribution in [0.4, 0.5) is 0 Å². The van der Waals surface area contributed by atoms with E-state index in [2.05, 4.69) is 5.32 Å². The summed E-state index contributed by atoms with van der Waals surface area (Å²) in [5, 5.41) is 11.4. The molecule has 0 aliphatic rings. The monoisotopic (exact) mass is 270 g/mol. The summed E-state index contributed by atoms with van der Waals surface area (Å²) in [5.41, 5.74) is 0.319. The van der Waals surface area contributed by atoms with E-state index in [0.29, 0.717) is 32.1 Å². The molecule has 1 heterocycles. The fourth-order valence-electron chi connectivity index (χ4n) is 1.48. The molecule has 0 bridgehead atoms. The number of nitrogens with one attached hydrogen (secondary N) is 1. The Morgan fingerprint density at radius 1 is 1.37 bits per heavy atom. The van der Waals surface area contributed by atoms with Crippen molar-refractivity contribution >= 4 is 11.9 Å². The molecule has 0 aromatic carbocycles. The zero-order valence-corrected chi connectivity index (χ0v) is 10.8. The second-order valence-electron chi connectivity index (χ2n) is 3.78. The van der Waals surface area contributed by atoms with Gasteiger partial charge in [-0.15, -0.1) is 0 Å². The van der Waals surface area contributed by atoms with Crippen LogP contribution in [0.15, 0.2) is 18.3 Å². The van der Waals surface area contributed by atoms with Gasteiger partial charge < -0.3 is 24.5 Å². The molecule has 1 aromatic rings. The summed E-state index contributed by atoms with van der Waals surface area (Å²) in [6.07, 6.45) is 1.55. The largest absolute Gasteiger partial charge is 0.480 e. The first-order valence-corrected chi connectivity index (χ1v) is 5.87. The summed E-state index contributed by atoms with van der Waals surface area (Å²) >= 11 is 0. The van der Waals surface area contributed by atoms with Gasteiger partial charge in [-0.25, -0.2) is 0 Å². The Labute approximate surface area is 111 Å². The third-order valence-corrected chi connectivity index (χ3v) is 2.33. The lowest BCUT2D eigenvalue weighted by Gasteiger charge is -2.08. The molecule has 0 saturated carbocycles. The van der Waals surface area contributed by atoms with Crippen LogP contribution in [0.25, 0.3) is 0 Å². The number of hydrogen-bond donors (Lipinski definition) is 2. The first-order valence-electron chi connectivity index (χ1n) is 5.87. The lowest BCUT2D eigenvalue weighted by atomic mass is 10.4. The average molecular weight is 270 g/mol. The van der Waals surface area contributed by atoms with Gasteiger partial charge in [-0.3, -0.25) is 9.59 Å². The Balaban J connectivity index is 2.33. The molecule has 0 aliphatic heterocycles. The van der Waals surface area contributed by atoms with Crippen molar-refractivity contribution < 1.29 is 24.2 Å². The fourth-order valence-corrected chi connectivity index (χ4v) is 1.48. The smallest absolute Gasteiger partial charge is 0.323 e. The van der Waals surface area contributed by atoms with Gasteiger partial charge in [0.2, 0.25) is 0 Å². The molecular formula is C12H18N2O5. The predicted octanol–water partition coefficient (Wildman–Crippen LogP) is -0.0345. The number of amides is 1. The molecule has 0 unspecified atom stereocenters. The van der Waals surface area contributed by atoms with Crippen LogP contribution in [0.3, 0.4) is 0 Å². The van der Waals surface area contributed by atoms with E-state index in [0.717, 1.165) is 0 Å². The zero-order valence-electron chi connectivity index (χ0n) is 10.8. The van der Waals surface area contributed by atoms with Crippen LogP contribution in [0.5, 0.6) is 0 Å². The number of carboxylic acids is 1. The summed E-state index contributed by atoms with van der Waals surface area (Å²) in [5.74, 6) is -1.31. The first-order chi connectivity index (χ1) is 9.15. The number of methoxy groups -OCH3 is 1. The van der Waals surface area contributed by atoms with Gasteiger partial charge >= 0.3 is 5.97 Å². The van der Waals surface area contributed by atoms with Crippen LogP contribution < -0.4 is 5.32 Å². The number of carboxylic acid groups (broad SMARTS) is 1. The number of aliphatic carboxylic acids is 1. The predicted molar refractivity (Wildman–Crippen MR) is 67.1 cm³/mol. The SMILES string of the molecule is COCCOCCNC(=O)c1cccn1CC(=O)O. The Hall–Kier alpha value is -1.86. The van der Waals surface area contributed by atoms with Crippen molar-refractivity contribution in [3.8, 4) is 0 Å². The highest BCUT2D eigenvalue weighted by Crippen LogP contribution is 2.02. The molecule has 1 rings (SSSR count). The van der Waals surface area contributed by atoms with Gasteiger partial charge in [0.25, 0.3) is 5.91 Å². The number of hydrogen-bond acceptors (Lipinski definition) is 4. The molecule has 106 valence electrons. The third-order valence-electron chi connectivity index (χ3n) is 2.33. The van der Waals surface area contributed by atoms with E-state index in [1.807, 2.05) is 0 Å². The van der Waals surface area contributed by atoms with Crippen LogP contribution in [-0.2, 0) is 20.8 Å². The number of ether oxygens (including phenoxy) is 2. The number of nitrogens with zero attached hydrogens (tertiary/aromatic N) is 1. The van der Waals surface area contributed by atoms with Crippen molar-refractivity contribution in [2.24, 2.45) is 0 Å². The average Bonchev–Trinajstić information content (AvgIpc) is 2.80. The lowest BCUT2D eigenvalue weighted by molar-refractivity contribution is -0.137. The third kappa shape index (κ3) is 5.54. The van der Waals surface area contributed by atoms with Crippen LogP contribution in [0, 0.1) is 0 Å². The summed E-state index contributed by atoms with van der Waals surface area (Å²) < 4.78 is 11.4. The highest BCUT2D eigenvalue weighted by atomic mass is 16.5. The van der Waals surface area contributed by atoms with Crippen LogP contribution >= 0.6 is 0 Å². The second-order valence-corrected chi connectivity index (χ2v) is 3.78. The van der Waals surface area contributed by atoms with Gasteiger partial charge in [0, 0.05) is 19.9 Å². The highest BCUT2D eigenvalue weighted by Gasteiger charge is 2.11. The summed E-state index contributed by atoms with van der Waals surface area (Å²) in [7, 11) is 1.59. The quantitative estimate of drug-likeness (QED) is 0.615. The summed E-state index contributed by atoms with van der Waals surface area (Å²) in [4.78, 5) is 22.4. The van der Waals surface area contributed by atoms with E-state index in [-0.39, 0.29) is 12.5 Å². The van der Waals surface area contributed by atoms with E-state index >= 15 is 0 Å². The topological polar surface area (TPSA) is 89.8 Å². The number of carbonyl (C=O) groups excluding carboxylic acids is 1. The second kappa shape index (κ2) is 8.28. The first kappa shape index (κ1) is 15.2. The minimum Gasteiger partial charge on any atom is -0.480 e. The molecular weight excluding hydrogens is 252 g/mol. The molecule has 0 radical (unpaired) electrons. The molecule has 0 spiro atoms. The van der Waals surface area contributed by atoms with Crippen LogP contribution in [-0.4, -0.2) is 55.0 Å². The molecule has 1 aromatic heterocycles. The minimum absolute atomic E-state index is 0.236. The van der Waals surface area contributed by atoms with Gasteiger partial charge in [-0.2, -0.15) is 0 Å². The molecule has 7 heteroatoms. The summed E-state index contributed by atoms with van der Waals surface area (Å²) in [6.45, 7) is 1.49. The lowest BCUT2D eigenvalue weighted by Crippen LogP contribution is -2.30. The van der Waals surface area contributed by atoms with Gasteiger partial charge in [0.1, 0.15) is 12.2 Å². The maximum absolute atomic E-state index is 11.8. The Morgan fingerprint density at radius 3 is 2.84 bits per heavy atom. The molecule has 2 N–H and O–H groups in total. The Bertz CT molecular complexity index is 416. The minimum atomic E-state index is -0.992. The summed E-state index contributed by atoms with van der Waals surface area (Å²) in [6, 6.07) is 3.21. The van der Waals surface area contributed by atoms with Gasteiger partial charge in [-0.05, 0) is 12.1 Å². The molecule has 0 fully saturated rings. The van der Waals surface area contributed by atoms with E-state index < -0.39 is 5.97 Å². The van der Waals surface area contributed by atoms with Crippen LogP contribution in [0.2, 0.25) is 0 Å². The fraction of sp³-hybridized carbons (Fsp3) is 0.500. The van der Waals surface area contributed by atoms with Crippen molar-refractivity contribution in [3.05, 3.63) is 24.0 Å². The maximum atomic E-state index is 11.8. The Morgan fingerprint density at radius 2 is 2.16 bits per heavy atom. The van der Waals surface area contributed by atoms with Gasteiger partial charge in [0.15, 0.2) is 0 Å². The van der Waals surface area contributed by atoms with Crippen molar-refractivity contribution in [1.29, 1.82) is 0 Å². The molecule has 0 saturated heterocycles. The van der Waals surface area contributed by atoms with Crippen molar-refractivity contribution in [2.45, 2.75) is 6.54 Å². The van der Waals surface area contributed by atoms with Crippen molar-refractivity contribution in [1.82, 2.24) is 9.88 Å². The van der Waals surface area contributed by atoms with Gasteiger partial charge in [-0.1, -0.05) is 0 Å². The normalized spacial score (nSPS) is 10.4. The maximum Gasteiger partial charge on any atom is 0.323 e. The van der Waals surface area contributed by atoms with E-state index in [1.165, 1.54) is 4.57 Å². The zero-order chi connectivity index (χ0) is 14.1. The standard InChI is InChI=1S/C12H18N2O5/c1-18-7-8-19-6-4-13-12(17)10-3-2-5-14(10)9-11(15)16/h2-3,5H,4,6-9H2,1H3,(H,13,17)(H,15,16). The highest BCUT2D eigenvalue weighted by molar-refractivity contribution is 5.93. The van der Waals surface area contributed by atoms with Crippen LogP contribution in [0.1, 0.15) is 10.5 Å². The van der Waals surface area contributed by atoms with E-state index in [9.17, 15) is 9.59 Å². The van der Waals surface area contributed by atoms with Crippen molar-refractivity contribution in [3.63, 3.8) is 0 Å². The molecule has 0 aliphatic carbocycles. The number of rotatable bonds is 9. The Kier molecular flexibility index (Phi) is 6.62. The molecule has 19 heavy (non-hydrogen) atoms. The number of aromatic nitrogens is 1. The molecule has 7 nitrogen and oxygen atoms in total. The van der Waals surface area contributed by atoms with E-state index in [1.54, 1.807) is 25.4 Å². The van der Waals surface area contributed by atoms with Gasteiger partial charge in [0.05, 0.1) is 19.8 Å². The van der Waals surface area contributed by atoms with E-state index in [4.69, 9.17) is 14.6 Å². The molecule has 0 atom stereocenters.